The summed E-state index contributed by atoms with van der Waals surface area (Å²) in [5, 5.41) is 8.96. The first-order chi connectivity index (χ1) is 10.0. The van der Waals surface area contributed by atoms with E-state index in [4.69, 9.17) is 24.7 Å². The largest absolute Gasteiger partial charge is 0.493 e. The lowest BCUT2D eigenvalue weighted by Crippen LogP contribution is -2.11. The highest BCUT2D eigenvalue weighted by Crippen LogP contribution is 2.29. The van der Waals surface area contributed by atoms with E-state index in [1.54, 1.807) is 0 Å². The molecule has 3 N–H and O–H groups in total. The standard InChI is InChI=1S/C14H13NO6/c1-19-11-6-8(13(15)16)2-3-10(11)21-7-12-9(14(17)18)4-5-20-12/h2-6H,7H2,1H3,(H2,15,16)(H,17,18). The van der Waals surface area contributed by atoms with Crippen molar-refractivity contribution in [2.24, 2.45) is 5.73 Å². The van der Waals surface area contributed by atoms with Crippen LogP contribution in [0, 0.1) is 0 Å². The predicted octanol–water partition coefficient (Wildman–Crippen LogP) is 1.66. The molecule has 0 spiro atoms. The number of carbonyl (C=O) groups excluding carboxylic acids is 1. The molecule has 0 saturated carbocycles. The SMILES string of the molecule is COc1cc(C(N)=O)ccc1OCc1occc1C(=O)O. The second-order valence-electron chi connectivity index (χ2n) is 4.08. The molecular weight excluding hydrogens is 278 g/mol. The Hall–Kier alpha value is -2.96. The Morgan fingerprint density at radius 3 is 2.67 bits per heavy atom. The van der Waals surface area contributed by atoms with Crippen molar-refractivity contribution in [3.8, 4) is 11.5 Å². The van der Waals surface area contributed by atoms with Gasteiger partial charge in [-0.2, -0.15) is 0 Å². The molecule has 0 aliphatic rings. The Bertz CT molecular complexity index is 676. The monoisotopic (exact) mass is 291 g/mol. The molecule has 21 heavy (non-hydrogen) atoms. The lowest BCUT2D eigenvalue weighted by atomic mass is 10.2. The van der Waals surface area contributed by atoms with Gasteiger partial charge in [-0.1, -0.05) is 0 Å². The summed E-state index contributed by atoms with van der Waals surface area (Å²) in [5.74, 6) is -0.842. The van der Waals surface area contributed by atoms with Gasteiger partial charge in [-0.3, -0.25) is 4.79 Å². The molecule has 0 saturated heterocycles. The Morgan fingerprint density at radius 1 is 1.29 bits per heavy atom. The summed E-state index contributed by atoms with van der Waals surface area (Å²) < 4.78 is 15.6. The minimum Gasteiger partial charge on any atom is -0.493 e. The molecule has 1 heterocycles. The maximum atomic E-state index is 11.1. The average Bonchev–Trinajstić information content (AvgIpc) is 2.93. The van der Waals surface area contributed by atoms with Gasteiger partial charge in [0.1, 0.15) is 12.2 Å². The number of hydrogen-bond acceptors (Lipinski definition) is 5. The van der Waals surface area contributed by atoms with Crippen molar-refractivity contribution in [2.45, 2.75) is 6.61 Å². The van der Waals surface area contributed by atoms with Crippen molar-refractivity contribution >= 4 is 11.9 Å². The number of benzene rings is 1. The number of amides is 1. The number of hydrogen-bond donors (Lipinski definition) is 2. The van der Waals surface area contributed by atoms with Gasteiger partial charge in [-0.15, -0.1) is 0 Å². The maximum absolute atomic E-state index is 11.1. The summed E-state index contributed by atoms with van der Waals surface area (Å²) in [6, 6.07) is 5.79. The molecule has 7 nitrogen and oxygen atoms in total. The highest BCUT2D eigenvalue weighted by atomic mass is 16.5. The topological polar surface area (TPSA) is 112 Å². The number of carboxylic acid groups (broad SMARTS) is 1. The van der Waals surface area contributed by atoms with Crippen LogP contribution in [0.3, 0.4) is 0 Å². The number of aromatic carboxylic acids is 1. The van der Waals surface area contributed by atoms with E-state index in [1.165, 1.54) is 37.6 Å². The first-order valence-electron chi connectivity index (χ1n) is 5.93. The summed E-state index contributed by atoms with van der Waals surface area (Å²) in [7, 11) is 1.42. The molecule has 2 rings (SSSR count). The molecule has 0 bridgehead atoms. The number of methoxy groups -OCH3 is 1. The Kier molecular flexibility index (Phi) is 4.13. The van der Waals surface area contributed by atoms with Crippen molar-refractivity contribution in [3.05, 3.63) is 47.4 Å². The minimum atomic E-state index is -1.10. The summed E-state index contributed by atoms with van der Waals surface area (Å²) >= 11 is 0. The summed E-state index contributed by atoms with van der Waals surface area (Å²) in [6.07, 6.45) is 1.27. The number of carbonyl (C=O) groups is 2. The van der Waals surface area contributed by atoms with E-state index in [0.717, 1.165) is 0 Å². The van der Waals surface area contributed by atoms with Gasteiger partial charge in [0.25, 0.3) is 0 Å². The van der Waals surface area contributed by atoms with E-state index in [9.17, 15) is 9.59 Å². The van der Waals surface area contributed by atoms with Crippen molar-refractivity contribution in [1.82, 2.24) is 0 Å². The van der Waals surface area contributed by atoms with Crippen LogP contribution >= 0.6 is 0 Å². The molecule has 0 fully saturated rings. The van der Waals surface area contributed by atoms with Gasteiger partial charge in [0.05, 0.1) is 13.4 Å². The van der Waals surface area contributed by atoms with Crippen LogP contribution in [0.25, 0.3) is 0 Å². The second kappa shape index (κ2) is 6.00. The van der Waals surface area contributed by atoms with E-state index in [0.29, 0.717) is 11.5 Å². The van der Waals surface area contributed by atoms with E-state index in [2.05, 4.69) is 0 Å². The quantitative estimate of drug-likeness (QED) is 0.837. The number of ether oxygens (including phenoxy) is 2. The van der Waals surface area contributed by atoms with Gasteiger partial charge in [0.15, 0.2) is 17.3 Å². The first kappa shape index (κ1) is 14.4. The number of nitrogens with two attached hydrogens (primary N) is 1. The zero-order valence-corrected chi connectivity index (χ0v) is 11.2. The van der Waals surface area contributed by atoms with Crippen LogP contribution in [0.2, 0.25) is 0 Å². The number of primary amides is 1. The van der Waals surface area contributed by atoms with Crippen LogP contribution in [0.15, 0.2) is 34.9 Å². The van der Waals surface area contributed by atoms with Gasteiger partial charge < -0.3 is 24.7 Å². The van der Waals surface area contributed by atoms with E-state index in [1.807, 2.05) is 0 Å². The molecule has 1 amide bonds. The Labute approximate surface area is 119 Å². The smallest absolute Gasteiger partial charge is 0.339 e. The predicted molar refractivity (Wildman–Crippen MR) is 71.5 cm³/mol. The minimum absolute atomic E-state index is 0.0303. The van der Waals surface area contributed by atoms with Gasteiger partial charge in [-0.25, -0.2) is 4.79 Å². The van der Waals surface area contributed by atoms with Crippen molar-refractivity contribution in [1.29, 1.82) is 0 Å². The molecular formula is C14H13NO6. The number of rotatable bonds is 6. The molecule has 7 heteroatoms. The van der Waals surface area contributed by atoms with Gasteiger partial charge in [0.2, 0.25) is 5.91 Å². The average molecular weight is 291 g/mol. The lowest BCUT2D eigenvalue weighted by molar-refractivity contribution is 0.0691. The van der Waals surface area contributed by atoms with Crippen LogP contribution in [0.1, 0.15) is 26.5 Å². The van der Waals surface area contributed by atoms with E-state index in [-0.39, 0.29) is 23.5 Å². The highest BCUT2D eigenvalue weighted by Gasteiger charge is 2.15. The van der Waals surface area contributed by atoms with Crippen molar-refractivity contribution < 1.29 is 28.6 Å². The zero-order valence-electron chi connectivity index (χ0n) is 11.2. The van der Waals surface area contributed by atoms with Crippen LogP contribution in [-0.4, -0.2) is 24.1 Å². The highest BCUT2D eigenvalue weighted by molar-refractivity contribution is 5.93. The van der Waals surface area contributed by atoms with Crippen LogP contribution in [0.4, 0.5) is 0 Å². The third-order valence-electron chi connectivity index (χ3n) is 2.78. The molecule has 0 aliphatic carbocycles. The molecule has 1 aromatic heterocycles. The molecule has 110 valence electrons. The fraction of sp³-hybridized carbons (Fsp3) is 0.143. The number of furan rings is 1. The first-order valence-corrected chi connectivity index (χ1v) is 5.93. The summed E-state index contributed by atoms with van der Waals surface area (Å²) in [6.45, 7) is -0.0824. The fourth-order valence-corrected chi connectivity index (χ4v) is 1.73. The summed E-state index contributed by atoms with van der Waals surface area (Å²) in [4.78, 5) is 22.0. The van der Waals surface area contributed by atoms with E-state index < -0.39 is 11.9 Å². The van der Waals surface area contributed by atoms with Crippen molar-refractivity contribution in [3.63, 3.8) is 0 Å². The second-order valence-corrected chi connectivity index (χ2v) is 4.08. The molecule has 0 unspecified atom stereocenters. The van der Waals surface area contributed by atoms with Gasteiger partial charge in [-0.05, 0) is 24.3 Å². The Morgan fingerprint density at radius 2 is 2.05 bits per heavy atom. The zero-order chi connectivity index (χ0) is 15.4. The summed E-state index contributed by atoms with van der Waals surface area (Å²) in [5.41, 5.74) is 5.49. The third kappa shape index (κ3) is 3.14. The number of carboxylic acids is 1. The molecule has 0 radical (unpaired) electrons. The molecule has 2 aromatic rings. The fourth-order valence-electron chi connectivity index (χ4n) is 1.73. The molecule has 1 aromatic carbocycles. The van der Waals surface area contributed by atoms with Gasteiger partial charge >= 0.3 is 5.97 Å². The molecule has 0 atom stereocenters. The maximum Gasteiger partial charge on any atom is 0.339 e. The van der Waals surface area contributed by atoms with Gasteiger partial charge in [0, 0.05) is 5.56 Å². The normalized spacial score (nSPS) is 10.1. The lowest BCUT2D eigenvalue weighted by Gasteiger charge is -2.10. The molecule has 0 aliphatic heterocycles. The third-order valence-corrected chi connectivity index (χ3v) is 2.78. The Balaban J connectivity index is 2.18. The van der Waals surface area contributed by atoms with Crippen LogP contribution in [0.5, 0.6) is 11.5 Å². The van der Waals surface area contributed by atoms with E-state index >= 15 is 0 Å². The van der Waals surface area contributed by atoms with Crippen molar-refractivity contribution in [2.75, 3.05) is 7.11 Å². The van der Waals surface area contributed by atoms with Crippen LogP contribution < -0.4 is 15.2 Å². The van der Waals surface area contributed by atoms with Crippen LogP contribution in [-0.2, 0) is 6.61 Å².